The normalized spacial score (nSPS) is 13.4. The molecule has 1 aliphatic rings. The van der Waals surface area contributed by atoms with Gasteiger partial charge < -0.3 is 24.2 Å². The third kappa shape index (κ3) is 6.77. The standard InChI is InChI=1S/C26H35FN4O4/c1-5-29(6-2)25(32)28(4)22-10-8-20(9-11-22)19-35-24-17-21(27)16-23(18-24)30-12-14-31(15-13-30)26(33)34-7-3/h8-11,16-18H,5-7,12-15,19H2,1-4H3. The van der Waals surface area contributed by atoms with Crippen molar-refractivity contribution >= 4 is 23.5 Å². The summed E-state index contributed by atoms with van der Waals surface area (Å²) in [4.78, 5) is 31.5. The average molecular weight is 487 g/mol. The fourth-order valence-electron chi connectivity index (χ4n) is 3.97. The molecule has 0 bridgehead atoms. The highest BCUT2D eigenvalue weighted by Crippen LogP contribution is 2.26. The summed E-state index contributed by atoms with van der Waals surface area (Å²) in [6, 6.07) is 12.2. The van der Waals surface area contributed by atoms with Crippen molar-refractivity contribution in [1.82, 2.24) is 9.80 Å². The minimum Gasteiger partial charge on any atom is -0.489 e. The zero-order valence-electron chi connectivity index (χ0n) is 21.0. The van der Waals surface area contributed by atoms with E-state index in [1.807, 2.05) is 49.1 Å². The maximum atomic E-state index is 14.3. The Morgan fingerprint density at radius 1 is 0.971 bits per heavy atom. The lowest BCUT2D eigenvalue weighted by atomic mass is 10.2. The molecule has 1 saturated heterocycles. The molecule has 1 fully saturated rings. The van der Waals surface area contributed by atoms with Gasteiger partial charge in [-0.25, -0.2) is 14.0 Å². The number of benzene rings is 2. The number of nitrogens with zero attached hydrogens (tertiary/aromatic N) is 4. The van der Waals surface area contributed by atoms with Crippen LogP contribution in [-0.2, 0) is 11.3 Å². The van der Waals surface area contributed by atoms with E-state index >= 15 is 0 Å². The first-order valence-corrected chi connectivity index (χ1v) is 12.1. The van der Waals surface area contributed by atoms with E-state index in [1.165, 1.54) is 12.1 Å². The number of hydrogen-bond acceptors (Lipinski definition) is 5. The third-order valence-corrected chi connectivity index (χ3v) is 6.08. The Morgan fingerprint density at radius 2 is 1.63 bits per heavy atom. The minimum absolute atomic E-state index is 0.0469. The molecule has 8 nitrogen and oxygen atoms in total. The first-order chi connectivity index (χ1) is 16.9. The van der Waals surface area contributed by atoms with Crippen LogP contribution in [0.3, 0.4) is 0 Å². The predicted molar refractivity (Wildman–Crippen MR) is 135 cm³/mol. The van der Waals surface area contributed by atoms with Gasteiger partial charge in [-0.15, -0.1) is 0 Å². The Labute approximate surface area is 206 Å². The summed E-state index contributed by atoms with van der Waals surface area (Å²) < 4.78 is 25.3. The highest BCUT2D eigenvalue weighted by Gasteiger charge is 2.23. The SMILES string of the molecule is CCOC(=O)N1CCN(c2cc(F)cc(OCc3ccc(N(C)C(=O)N(CC)CC)cc3)c2)CC1. The van der Waals surface area contributed by atoms with Crippen LogP contribution in [-0.4, -0.2) is 74.8 Å². The Bertz CT molecular complexity index is 989. The van der Waals surface area contributed by atoms with Crippen LogP contribution < -0.4 is 14.5 Å². The van der Waals surface area contributed by atoms with Crippen LogP contribution in [0.4, 0.5) is 25.4 Å². The Balaban J connectivity index is 1.59. The molecule has 9 heteroatoms. The Morgan fingerprint density at radius 3 is 2.23 bits per heavy atom. The topological polar surface area (TPSA) is 65.6 Å². The van der Waals surface area contributed by atoms with Crippen LogP contribution in [0.25, 0.3) is 0 Å². The summed E-state index contributed by atoms with van der Waals surface area (Å²) in [7, 11) is 1.76. The summed E-state index contributed by atoms with van der Waals surface area (Å²) in [5.74, 6) is 0.0583. The fraction of sp³-hybridized carbons (Fsp3) is 0.462. The van der Waals surface area contributed by atoms with Crippen molar-refractivity contribution in [3.8, 4) is 5.75 Å². The van der Waals surface area contributed by atoms with Gasteiger partial charge in [0.1, 0.15) is 18.2 Å². The summed E-state index contributed by atoms with van der Waals surface area (Å²) in [5, 5.41) is 0. The molecule has 3 rings (SSSR count). The number of hydrogen-bond donors (Lipinski definition) is 0. The lowest BCUT2D eigenvalue weighted by Crippen LogP contribution is -2.49. The number of carbonyl (C=O) groups excluding carboxylic acids is 2. The minimum atomic E-state index is -0.378. The van der Waals surface area contributed by atoms with Gasteiger partial charge in [0.25, 0.3) is 0 Å². The molecule has 35 heavy (non-hydrogen) atoms. The lowest BCUT2D eigenvalue weighted by Gasteiger charge is -2.35. The molecule has 1 heterocycles. The quantitative estimate of drug-likeness (QED) is 0.547. The summed E-state index contributed by atoms with van der Waals surface area (Å²) in [6.45, 7) is 9.82. The van der Waals surface area contributed by atoms with Crippen molar-refractivity contribution in [2.45, 2.75) is 27.4 Å². The highest BCUT2D eigenvalue weighted by molar-refractivity contribution is 5.91. The zero-order chi connectivity index (χ0) is 25.4. The second kappa shape index (κ2) is 12.3. The molecule has 0 spiro atoms. The van der Waals surface area contributed by atoms with Crippen molar-refractivity contribution in [2.24, 2.45) is 0 Å². The number of carbonyl (C=O) groups is 2. The van der Waals surface area contributed by atoms with Gasteiger partial charge in [-0.2, -0.15) is 0 Å². The highest BCUT2D eigenvalue weighted by atomic mass is 19.1. The molecule has 0 radical (unpaired) electrons. The molecular formula is C26H35FN4O4. The second-order valence-electron chi connectivity index (χ2n) is 8.29. The van der Waals surface area contributed by atoms with Crippen LogP contribution in [0.2, 0.25) is 0 Å². The summed E-state index contributed by atoms with van der Waals surface area (Å²) >= 11 is 0. The average Bonchev–Trinajstić information content (AvgIpc) is 2.88. The molecule has 0 atom stereocenters. The van der Waals surface area contributed by atoms with Gasteiger partial charge in [0.15, 0.2) is 0 Å². The molecular weight excluding hydrogens is 451 g/mol. The van der Waals surface area contributed by atoms with E-state index in [-0.39, 0.29) is 24.5 Å². The number of amides is 3. The number of urea groups is 1. The molecule has 0 N–H and O–H groups in total. The number of piperazine rings is 1. The summed E-state index contributed by atoms with van der Waals surface area (Å²) in [5.41, 5.74) is 2.42. The van der Waals surface area contributed by atoms with Crippen LogP contribution in [0.5, 0.6) is 5.75 Å². The number of rotatable bonds is 8. The van der Waals surface area contributed by atoms with E-state index < -0.39 is 0 Å². The molecule has 0 aromatic heterocycles. The van der Waals surface area contributed by atoms with Gasteiger partial charge in [0.2, 0.25) is 0 Å². The zero-order valence-corrected chi connectivity index (χ0v) is 21.0. The summed E-state index contributed by atoms with van der Waals surface area (Å²) in [6.07, 6.45) is -0.315. The third-order valence-electron chi connectivity index (χ3n) is 6.08. The predicted octanol–water partition coefficient (Wildman–Crippen LogP) is 4.58. The first kappa shape index (κ1) is 26.1. The van der Waals surface area contributed by atoms with Crippen molar-refractivity contribution in [3.05, 3.63) is 53.8 Å². The molecule has 190 valence electrons. The molecule has 0 saturated carbocycles. The smallest absolute Gasteiger partial charge is 0.409 e. The van der Waals surface area contributed by atoms with Crippen molar-refractivity contribution in [1.29, 1.82) is 0 Å². The van der Waals surface area contributed by atoms with E-state index in [0.717, 1.165) is 16.9 Å². The van der Waals surface area contributed by atoms with Gasteiger partial charge in [-0.05, 0) is 44.5 Å². The van der Waals surface area contributed by atoms with E-state index in [2.05, 4.69) is 0 Å². The Kier molecular flexibility index (Phi) is 9.17. The van der Waals surface area contributed by atoms with E-state index in [9.17, 15) is 14.0 Å². The first-order valence-electron chi connectivity index (χ1n) is 12.1. The molecule has 1 aliphatic heterocycles. The second-order valence-corrected chi connectivity index (χ2v) is 8.29. The molecule has 0 unspecified atom stereocenters. The van der Waals surface area contributed by atoms with E-state index in [4.69, 9.17) is 9.47 Å². The van der Waals surface area contributed by atoms with Crippen LogP contribution in [0.15, 0.2) is 42.5 Å². The van der Waals surface area contributed by atoms with Gasteiger partial charge >= 0.3 is 12.1 Å². The van der Waals surface area contributed by atoms with E-state index in [0.29, 0.717) is 51.6 Å². The van der Waals surface area contributed by atoms with Crippen LogP contribution >= 0.6 is 0 Å². The van der Waals surface area contributed by atoms with Gasteiger partial charge in [0.05, 0.1) is 6.61 Å². The van der Waals surface area contributed by atoms with Crippen LogP contribution in [0, 0.1) is 5.82 Å². The van der Waals surface area contributed by atoms with Crippen molar-refractivity contribution in [2.75, 3.05) is 62.7 Å². The largest absolute Gasteiger partial charge is 0.489 e. The van der Waals surface area contributed by atoms with Gasteiger partial charge in [0, 0.05) is 69.8 Å². The van der Waals surface area contributed by atoms with Crippen molar-refractivity contribution in [3.63, 3.8) is 0 Å². The monoisotopic (exact) mass is 486 g/mol. The number of anilines is 2. The van der Waals surface area contributed by atoms with Crippen LogP contribution in [0.1, 0.15) is 26.3 Å². The Hall–Kier alpha value is -3.49. The van der Waals surface area contributed by atoms with Gasteiger partial charge in [-0.1, -0.05) is 12.1 Å². The number of ether oxygens (including phenoxy) is 2. The molecule has 2 aromatic rings. The van der Waals surface area contributed by atoms with Gasteiger partial charge in [-0.3, -0.25) is 4.90 Å². The lowest BCUT2D eigenvalue weighted by molar-refractivity contribution is 0.105. The van der Waals surface area contributed by atoms with E-state index in [1.54, 1.807) is 28.7 Å². The molecule has 2 aromatic carbocycles. The van der Waals surface area contributed by atoms with Crippen molar-refractivity contribution < 1.29 is 23.5 Å². The molecule has 3 amide bonds. The fourth-order valence-corrected chi connectivity index (χ4v) is 3.97. The maximum absolute atomic E-state index is 14.3. The number of halogens is 1. The molecule has 0 aliphatic carbocycles. The maximum Gasteiger partial charge on any atom is 0.409 e.